The number of imide groups is 1. The van der Waals surface area contributed by atoms with E-state index in [4.69, 9.17) is 0 Å². The fraction of sp³-hybridized carbons (Fsp3) is 0.350. The van der Waals surface area contributed by atoms with Crippen molar-refractivity contribution in [2.45, 2.75) is 19.8 Å². The van der Waals surface area contributed by atoms with Gasteiger partial charge in [0.05, 0.1) is 29.2 Å². The van der Waals surface area contributed by atoms with Gasteiger partial charge in [0, 0.05) is 13.1 Å². The van der Waals surface area contributed by atoms with Gasteiger partial charge in [-0.25, -0.2) is 9.97 Å². The van der Waals surface area contributed by atoms with Gasteiger partial charge in [0.2, 0.25) is 11.9 Å². The number of carbonyl (C=O) groups excluding carboxylic acids is 3. The van der Waals surface area contributed by atoms with Gasteiger partial charge in [0.1, 0.15) is 6.54 Å². The third kappa shape index (κ3) is 3.45. The Morgan fingerprint density at radius 3 is 2.21 bits per heavy atom. The SMILES string of the molecule is CC1CCN(c2ncc(NC(=O)CN3C(=O)c4ccccc4C3=O)cn2)CC1. The fourth-order valence-electron chi connectivity index (χ4n) is 3.48. The van der Waals surface area contributed by atoms with Crippen molar-refractivity contribution < 1.29 is 14.4 Å². The lowest BCUT2D eigenvalue weighted by molar-refractivity contribution is -0.116. The minimum absolute atomic E-state index is 0.323. The quantitative estimate of drug-likeness (QED) is 0.816. The van der Waals surface area contributed by atoms with E-state index in [0.717, 1.165) is 36.7 Å². The first-order valence-electron chi connectivity index (χ1n) is 9.35. The molecule has 144 valence electrons. The van der Waals surface area contributed by atoms with E-state index in [2.05, 4.69) is 27.1 Å². The van der Waals surface area contributed by atoms with Crippen LogP contribution in [-0.4, -0.2) is 52.2 Å². The van der Waals surface area contributed by atoms with Crippen LogP contribution in [0.25, 0.3) is 0 Å². The average molecular weight is 379 g/mol. The summed E-state index contributed by atoms with van der Waals surface area (Å²) in [7, 11) is 0. The van der Waals surface area contributed by atoms with Crippen LogP contribution in [0.1, 0.15) is 40.5 Å². The first-order chi connectivity index (χ1) is 13.5. The van der Waals surface area contributed by atoms with E-state index >= 15 is 0 Å². The van der Waals surface area contributed by atoms with Crippen molar-refractivity contribution in [3.63, 3.8) is 0 Å². The van der Waals surface area contributed by atoms with Gasteiger partial charge in [-0.05, 0) is 30.9 Å². The molecule has 0 atom stereocenters. The van der Waals surface area contributed by atoms with E-state index in [-0.39, 0.29) is 6.54 Å². The number of nitrogens with one attached hydrogen (secondary N) is 1. The molecule has 2 aliphatic heterocycles. The zero-order chi connectivity index (χ0) is 19.7. The van der Waals surface area contributed by atoms with E-state index in [1.165, 1.54) is 0 Å². The van der Waals surface area contributed by atoms with E-state index in [1.807, 2.05) is 0 Å². The highest BCUT2D eigenvalue weighted by Crippen LogP contribution is 2.23. The predicted octanol–water partition coefficient (Wildman–Crippen LogP) is 1.95. The second-order valence-corrected chi connectivity index (χ2v) is 7.23. The van der Waals surface area contributed by atoms with Gasteiger partial charge in [-0.3, -0.25) is 19.3 Å². The largest absolute Gasteiger partial charge is 0.341 e. The summed E-state index contributed by atoms with van der Waals surface area (Å²) in [6, 6.07) is 6.55. The smallest absolute Gasteiger partial charge is 0.262 e. The number of nitrogens with zero attached hydrogens (tertiary/aromatic N) is 4. The third-order valence-electron chi connectivity index (χ3n) is 5.17. The van der Waals surface area contributed by atoms with Crippen molar-refractivity contribution in [3.8, 4) is 0 Å². The molecule has 1 saturated heterocycles. The Labute approximate surface area is 162 Å². The number of hydrogen-bond acceptors (Lipinski definition) is 6. The number of fused-ring (bicyclic) bond motifs is 1. The molecule has 2 aliphatic rings. The summed E-state index contributed by atoms with van der Waals surface area (Å²) >= 11 is 0. The minimum atomic E-state index is -0.474. The zero-order valence-electron chi connectivity index (χ0n) is 15.6. The molecule has 3 amide bonds. The molecular weight excluding hydrogens is 358 g/mol. The van der Waals surface area contributed by atoms with Crippen molar-refractivity contribution in [1.29, 1.82) is 0 Å². The summed E-state index contributed by atoms with van der Waals surface area (Å²) in [6.07, 6.45) is 5.31. The number of hydrogen-bond donors (Lipinski definition) is 1. The summed E-state index contributed by atoms with van der Waals surface area (Å²) in [5, 5.41) is 2.65. The van der Waals surface area contributed by atoms with E-state index in [1.54, 1.807) is 36.7 Å². The van der Waals surface area contributed by atoms with Crippen LogP contribution in [0.3, 0.4) is 0 Å². The normalized spacial score (nSPS) is 17.0. The summed E-state index contributed by atoms with van der Waals surface area (Å²) in [4.78, 5) is 48.7. The number of carbonyl (C=O) groups is 3. The topological polar surface area (TPSA) is 95.5 Å². The third-order valence-corrected chi connectivity index (χ3v) is 5.17. The summed E-state index contributed by atoms with van der Waals surface area (Å²) in [5.41, 5.74) is 1.07. The molecule has 1 aromatic carbocycles. The summed E-state index contributed by atoms with van der Waals surface area (Å²) in [5.74, 6) is -0.0248. The van der Waals surface area contributed by atoms with Crippen LogP contribution in [0.5, 0.6) is 0 Å². The maximum absolute atomic E-state index is 12.3. The molecule has 1 fully saturated rings. The van der Waals surface area contributed by atoms with Crippen LogP contribution in [-0.2, 0) is 4.79 Å². The molecule has 0 radical (unpaired) electrons. The van der Waals surface area contributed by atoms with E-state index in [0.29, 0.717) is 22.8 Å². The van der Waals surface area contributed by atoms with Crippen LogP contribution in [0.4, 0.5) is 11.6 Å². The highest BCUT2D eigenvalue weighted by molar-refractivity contribution is 6.22. The molecule has 8 heteroatoms. The molecule has 0 aliphatic carbocycles. The molecular formula is C20H21N5O3. The van der Waals surface area contributed by atoms with Crippen LogP contribution in [0.15, 0.2) is 36.7 Å². The van der Waals surface area contributed by atoms with Gasteiger partial charge in [-0.2, -0.15) is 0 Å². The Bertz CT molecular complexity index is 885. The number of benzene rings is 1. The Balaban J connectivity index is 1.37. The molecule has 2 aromatic rings. The van der Waals surface area contributed by atoms with Gasteiger partial charge in [0.25, 0.3) is 11.8 Å². The lowest BCUT2D eigenvalue weighted by atomic mass is 10.00. The van der Waals surface area contributed by atoms with Crippen molar-refractivity contribution >= 4 is 29.4 Å². The van der Waals surface area contributed by atoms with Gasteiger partial charge >= 0.3 is 0 Å². The molecule has 0 spiro atoms. The molecule has 8 nitrogen and oxygen atoms in total. The predicted molar refractivity (Wildman–Crippen MR) is 103 cm³/mol. The molecule has 1 N–H and O–H groups in total. The monoisotopic (exact) mass is 379 g/mol. The maximum Gasteiger partial charge on any atom is 0.262 e. The Morgan fingerprint density at radius 2 is 1.64 bits per heavy atom. The second-order valence-electron chi connectivity index (χ2n) is 7.23. The molecule has 0 unspecified atom stereocenters. The van der Waals surface area contributed by atoms with Crippen LogP contribution >= 0.6 is 0 Å². The summed E-state index contributed by atoms with van der Waals surface area (Å²) < 4.78 is 0. The van der Waals surface area contributed by atoms with Crippen molar-refractivity contribution in [3.05, 3.63) is 47.8 Å². The Kier molecular flexibility index (Phi) is 4.77. The van der Waals surface area contributed by atoms with E-state index in [9.17, 15) is 14.4 Å². The van der Waals surface area contributed by atoms with Crippen LogP contribution in [0.2, 0.25) is 0 Å². The van der Waals surface area contributed by atoms with Crippen molar-refractivity contribution in [1.82, 2.24) is 14.9 Å². The highest BCUT2D eigenvalue weighted by Gasteiger charge is 2.36. The van der Waals surface area contributed by atoms with Crippen molar-refractivity contribution in [2.75, 3.05) is 29.9 Å². The molecule has 0 saturated carbocycles. The van der Waals surface area contributed by atoms with Crippen molar-refractivity contribution in [2.24, 2.45) is 5.92 Å². The Hall–Kier alpha value is -3.29. The first kappa shape index (κ1) is 18.1. The second kappa shape index (κ2) is 7.38. The van der Waals surface area contributed by atoms with Gasteiger partial charge < -0.3 is 10.2 Å². The molecule has 28 heavy (non-hydrogen) atoms. The van der Waals surface area contributed by atoms with Crippen LogP contribution < -0.4 is 10.2 Å². The number of piperidine rings is 1. The Morgan fingerprint density at radius 1 is 1.07 bits per heavy atom. The van der Waals surface area contributed by atoms with E-state index < -0.39 is 17.7 Å². The van der Waals surface area contributed by atoms with Gasteiger partial charge in [-0.15, -0.1) is 0 Å². The first-order valence-corrected chi connectivity index (χ1v) is 9.35. The molecule has 3 heterocycles. The standard InChI is InChI=1S/C20H21N5O3/c1-13-6-8-24(9-7-13)20-21-10-14(11-22-20)23-17(26)12-25-18(27)15-4-2-3-5-16(15)19(25)28/h2-5,10-11,13H,6-9,12H2,1H3,(H,23,26). The molecule has 0 bridgehead atoms. The lowest BCUT2D eigenvalue weighted by Gasteiger charge is -2.30. The highest BCUT2D eigenvalue weighted by atomic mass is 16.2. The number of anilines is 2. The number of amides is 3. The van der Waals surface area contributed by atoms with Gasteiger partial charge in [-0.1, -0.05) is 19.1 Å². The average Bonchev–Trinajstić information content (AvgIpc) is 2.94. The van der Waals surface area contributed by atoms with Gasteiger partial charge in [0.15, 0.2) is 0 Å². The number of rotatable bonds is 4. The zero-order valence-corrected chi connectivity index (χ0v) is 15.6. The fourth-order valence-corrected chi connectivity index (χ4v) is 3.48. The lowest BCUT2D eigenvalue weighted by Crippen LogP contribution is -2.37. The molecule has 1 aromatic heterocycles. The minimum Gasteiger partial charge on any atom is -0.341 e. The maximum atomic E-state index is 12.3. The molecule has 4 rings (SSSR count). The number of aromatic nitrogens is 2. The summed E-state index contributed by atoms with van der Waals surface area (Å²) in [6.45, 7) is 3.74. The van der Waals surface area contributed by atoms with Crippen LogP contribution in [0, 0.1) is 5.92 Å².